The summed E-state index contributed by atoms with van der Waals surface area (Å²) >= 11 is 0. The smallest absolute Gasteiger partial charge is 0.254 e. The van der Waals surface area contributed by atoms with Crippen LogP contribution in [0.15, 0.2) is 12.4 Å². The monoisotopic (exact) mass is 303 g/mol. The number of nitrogens with zero attached hydrogens (tertiary/aromatic N) is 5. The van der Waals surface area contributed by atoms with Crippen molar-refractivity contribution in [2.75, 3.05) is 25.1 Å². The van der Waals surface area contributed by atoms with Crippen molar-refractivity contribution in [3.63, 3.8) is 0 Å². The van der Waals surface area contributed by atoms with Crippen LogP contribution in [0.1, 0.15) is 45.7 Å². The molecule has 0 saturated carbocycles. The van der Waals surface area contributed by atoms with Gasteiger partial charge in [0.25, 0.3) is 5.78 Å². The van der Waals surface area contributed by atoms with Crippen LogP contribution >= 0.6 is 0 Å². The maximum Gasteiger partial charge on any atom is 0.254 e. The molecule has 22 heavy (non-hydrogen) atoms. The third-order valence-corrected chi connectivity index (χ3v) is 4.58. The van der Waals surface area contributed by atoms with Crippen molar-refractivity contribution in [1.29, 1.82) is 0 Å². The maximum absolute atomic E-state index is 5.65. The number of piperidine rings is 1. The number of anilines is 1. The predicted molar refractivity (Wildman–Crippen MR) is 86.3 cm³/mol. The molecular weight excluding hydrogens is 278 g/mol. The Labute approximate surface area is 131 Å². The van der Waals surface area contributed by atoms with E-state index >= 15 is 0 Å². The number of ether oxygens (including phenoxy) is 1. The summed E-state index contributed by atoms with van der Waals surface area (Å²) in [5, 5.41) is 4.35. The van der Waals surface area contributed by atoms with Crippen molar-refractivity contribution < 1.29 is 4.74 Å². The average Bonchev–Trinajstić information content (AvgIpc) is 2.93. The topological polar surface area (TPSA) is 55.5 Å². The minimum absolute atomic E-state index is 0.0984. The number of hydrogen-bond acceptors (Lipinski definition) is 5. The summed E-state index contributed by atoms with van der Waals surface area (Å²) in [6, 6.07) is 2.15. The van der Waals surface area contributed by atoms with Crippen LogP contribution in [0, 0.1) is 5.41 Å². The standard InChI is InChI=1S/C16H25N5O/c1-11(2)12-8-14(21-15(19-12)17-10-18-21)20-7-6-13(22-5)16(3,4)9-20/h8,10-11,13H,6-7,9H2,1-5H3. The van der Waals surface area contributed by atoms with Crippen molar-refractivity contribution in [2.45, 2.75) is 46.1 Å². The van der Waals surface area contributed by atoms with E-state index in [4.69, 9.17) is 4.74 Å². The second-order valence-corrected chi connectivity index (χ2v) is 7.09. The van der Waals surface area contributed by atoms with Gasteiger partial charge in [-0.2, -0.15) is 14.6 Å². The molecule has 0 amide bonds. The van der Waals surface area contributed by atoms with Crippen LogP contribution in [-0.4, -0.2) is 45.9 Å². The second kappa shape index (κ2) is 5.50. The fraction of sp³-hybridized carbons (Fsp3) is 0.688. The molecule has 0 radical (unpaired) electrons. The molecular formula is C16H25N5O. The zero-order valence-electron chi connectivity index (χ0n) is 14.1. The Morgan fingerprint density at radius 2 is 2.14 bits per heavy atom. The number of methoxy groups -OCH3 is 1. The lowest BCUT2D eigenvalue weighted by Gasteiger charge is -2.44. The summed E-state index contributed by atoms with van der Waals surface area (Å²) in [4.78, 5) is 11.2. The molecule has 1 aliphatic rings. The van der Waals surface area contributed by atoms with Crippen LogP contribution in [0.25, 0.3) is 5.78 Å². The Hall–Kier alpha value is -1.69. The van der Waals surface area contributed by atoms with Crippen molar-refractivity contribution in [3.05, 3.63) is 18.1 Å². The van der Waals surface area contributed by atoms with Gasteiger partial charge in [0.05, 0.1) is 11.8 Å². The third kappa shape index (κ3) is 2.56. The minimum atomic E-state index is 0.0984. The summed E-state index contributed by atoms with van der Waals surface area (Å²) in [7, 11) is 1.81. The molecule has 6 heteroatoms. The zero-order valence-corrected chi connectivity index (χ0v) is 14.1. The molecule has 0 spiro atoms. The van der Waals surface area contributed by atoms with E-state index in [9.17, 15) is 0 Å². The third-order valence-electron chi connectivity index (χ3n) is 4.58. The number of fused-ring (bicyclic) bond motifs is 1. The first-order chi connectivity index (χ1) is 10.4. The van der Waals surface area contributed by atoms with E-state index in [2.05, 4.69) is 53.7 Å². The first-order valence-corrected chi connectivity index (χ1v) is 7.91. The van der Waals surface area contributed by atoms with E-state index < -0.39 is 0 Å². The van der Waals surface area contributed by atoms with Crippen molar-refractivity contribution >= 4 is 11.6 Å². The molecule has 0 aliphatic carbocycles. The lowest BCUT2D eigenvalue weighted by Crippen LogP contribution is -2.50. The number of hydrogen-bond donors (Lipinski definition) is 0. The molecule has 1 atom stereocenters. The lowest BCUT2D eigenvalue weighted by atomic mass is 9.81. The molecule has 2 aromatic rings. The first kappa shape index (κ1) is 15.2. The lowest BCUT2D eigenvalue weighted by molar-refractivity contribution is -0.00651. The van der Waals surface area contributed by atoms with Crippen molar-refractivity contribution in [3.8, 4) is 0 Å². The van der Waals surface area contributed by atoms with Gasteiger partial charge in [-0.25, -0.2) is 4.98 Å². The minimum Gasteiger partial charge on any atom is -0.381 e. The highest BCUT2D eigenvalue weighted by Crippen LogP contribution is 2.34. The van der Waals surface area contributed by atoms with Crippen molar-refractivity contribution in [2.24, 2.45) is 5.41 Å². The quantitative estimate of drug-likeness (QED) is 0.872. The summed E-state index contributed by atoms with van der Waals surface area (Å²) < 4.78 is 7.49. The Morgan fingerprint density at radius 3 is 2.77 bits per heavy atom. The Balaban J connectivity index is 2.01. The van der Waals surface area contributed by atoms with Crippen molar-refractivity contribution in [1.82, 2.24) is 19.6 Å². The van der Waals surface area contributed by atoms with E-state index in [1.807, 2.05) is 4.52 Å². The number of rotatable bonds is 3. The maximum atomic E-state index is 5.65. The van der Waals surface area contributed by atoms with Gasteiger partial charge >= 0.3 is 0 Å². The highest BCUT2D eigenvalue weighted by molar-refractivity contribution is 5.48. The molecule has 1 unspecified atom stereocenters. The zero-order chi connectivity index (χ0) is 15.9. The predicted octanol–water partition coefficient (Wildman–Crippen LogP) is 2.50. The summed E-state index contributed by atoms with van der Waals surface area (Å²) in [6.45, 7) is 10.7. The van der Waals surface area contributed by atoms with E-state index in [1.165, 1.54) is 0 Å². The number of aromatic nitrogens is 4. The highest BCUT2D eigenvalue weighted by Gasteiger charge is 2.37. The Kier molecular flexibility index (Phi) is 3.80. The van der Waals surface area contributed by atoms with E-state index in [0.717, 1.165) is 31.0 Å². The van der Waals surface area contributed by atoms with E-state index in [0.29, 0.717) is 17.8 Å². The van der Waals surface area contributed by atoms with Gasteiger partial charge in [-0.3, -0.25) is 0 Å². The van der Waals surface area contributed by atoms with Crippen LogP contribution in [0.2, 0.25) is 0 Å². The molecule has 2 aromatic heterocycles. The van der Waals surface area contributed by atoms with Gasteiger partial charge in [0.1, 0.15) is 12.1 Å². The van der Waals surface area contributed by atoms with Crippen LogP contribution in [0.4, 0.5) is 5.82 Å². The average molecular weight is 303 g/mol. The molecule has 1 saturated heterocycles. The molecule has 0 N–H and O–H groups in total. The molecule has 0 bridgehead atoms. The Morgan fingerprint density at radius 1 is 1.36 bits per heavy atom. The molecule has 120 valence electrons. The van der Waals surface area contributed by atoms with Gasteiger partial charge in [-0.1, -0.05) is 27.7 Å². The molecule has 1 fully saturated rings. The van der Waals surface area contributed by atoms with Crippen LogP contribution in [0.3, 0.4) is 0 Å². The summed E-state index contributed by atoms with van der Waals surface area (Å²) in [6.07, 6.45) is 2.88. The second-order valence-electron chi connectivity index (χ2n) is 7.09. The largest absolute Gasteiger partial charge is 0.381 e. The van der Waals surface area contributed by atoms with Gasteiger partial charge in [0, 0.05) is 31.7 Å². The first-order valence-electron chi connectivity index (χ1n) is 7.91. The molecule has 0 aromatic carbocycles. The normalized spacial score (nSPS) is 21.7. The SMILES string of the molecule is COC1CCN(c2cc(C(C)C)nc3ncnn23)CC1(C)C. The van der Waals surface area contributed by atoms with E-state index in [1.54, 1.807) is 13.4 Å². The van der Waals surface area contributed by atoms with Gasteiger partial charge < -0.3 is 9.64 Å². The summed E-state index contributed by atoms with van der Waals surface area (Å²) in [5.74, 6) is 2.12. The highest BCUT2D eigenvalue weighted by atomic mass is 16.5. The fourth-order valence-corrected chi connectivity index (χ4v) is 3.30. The van der Waals surface area contributed by atoms with Gasteiger partial charge in [0.2, 0.25) is 0 Å². The van der Waals surface area contributed by atoms with Crippen LogP contribution in [0.5, 0.6) is 0 Å². The fourth-order valence-electron chi connectivity index (χ4n) is 3.30. The molecule has 3 rings (SSSR count). The Bertz CT molecular complexity index is 664. The van der Waals surface area contributed by atoms with Gasteiger partial charge in [-0.05, 0) is 12.3 Å². The van der Waals surface area contributed by atoms with Crippen LogP contribution in [-0.2, 0) is 4.74 Å². The molecule has 3 heterocycles. The molecule has 6 nitrogen and oxygen atoms in total. The van der Waals surface area contributed by atoms with Gasteiger partial charge in [0.15, 0.2) is 0 Å². The summed E-state index contributed by atoms with van der Waals surface area (Å²) in [5.41, 5.74) is 1.16. The van der Waals surface area contributed by atoms with Crippen LogP contribution < -0.4 is 4.90 Å². The molecule has 1 aliphatic heterocycles. The van der Waals surface area contributed by atoms with Gasteiger partial charge in [-0.15, -0.1) is 0 Å². The van der Waals surface area contributed by atoms with E-state index in [-0.39, 0.29) is 5.41 Å².